The number of aromatic nitrogens is 6. The van der Waals surface area contributed by atoms with Crippen LogP contribution in [0.15, 0.2) is 66.2 Å². The normalized spacial score (nSPS) is 13.5. The molecule has 1 aliphatic rings. The van der Waals surface area contributed by atoms with Gasteiger partial charge in [-0.3, -0.25) is 9.20 Å². The number of hydrogen-bond acceptors (Lipinski definition) is 6. The zero-order chi connectivity index (χ0) is 21.5. The van der Waals surface area contributed by atoms with Crippen LogP contribution in [0.25, 0.3) is 27.6 Å². The molecule has 0 saturated heterocycles. The second-order valence-electron chi connectivity index (χ2n) is 7.85. The van der Waals surface area contributed by atoms with Crippen LogP contribution in [0, 0.1) is 0 Å². The van der Waals surface area contributed by atoms with Crippen LogP contribution in [0.5, 0.6) is 0 Å². The lowest BCUT2D eigenvalue weighted by Gasteiger charge is -2.07. The number of hydrogen-bond donors (Lipinski definition) is 1. The summed E-state index contributed by atoms with van der Waals surface area (Å²) < 4.78 is 3.87. The summed E-state index contributed by atoms with van der Waals surface area (Å²) in [4.78, 5) is 18.3. The van der Waals surface area contributed by atoms with Crippen molar-refractivity contribution < 1.29 is 4.79 Å². The van der Waals surface area contributed by atoms with Crippen LogP contribution in [0.1, 0.15) is 24.6 Å². The van der Waals surface area contributed by atoms with Gasteiger partial charge in [-0.2, -0.15) is 0 Å². The SMILES string of the molecule is O=C(Cc1csc2nc(-c3ccccc3)cn12)Nc1ccc(-c2nnnn2C2CC2)cc1. The van der Waals surface area contributed by atoms with E-state index < -0.39 is 0 Å². The van der Waals surface area contributed by atoms with Crippen LogP contribution in [0.2, 0.25) is 0 Å². The molecule has 5 aromatic rings. The number of anilines is 1. The Morgan fingerprint density at radius 2 is 1.88 bits per heavy atom. The average Bonchev–Trinajstić information content (AvgIpc) is 3.22. The van der Waals surface area contributed by atoms with Gasteiger partial charge in [-0.1, -0.05) is 30.3 Å². The van der Waals surface area contributed by atoms with Crippen molar-refractivity contribution in [2.75, 3.05) is 5.32 Å². The number of thiazole rings is 1. The number of nitrogens with one attached hydrogen (secondary N) is 1. The van der Waals surface area contributed by atoms with E-state index >= 15 is 0 Å². The predicted octanol–water partition coefficient (Wildman–Crippen LogP) is 4.23. The molecule has 3 heterocycles. The van der Waals surface area contributed by atoms with Crippen LogP contribution in [-0.4, -0.2) is 35.5 Å². The predicted molar refractivity (Wildman–Crippen MR) is 122 cm³/mol. The molecule has 9 heteroatoms. The van der Waals surface area contributed by atoms with Gasteiger partial charge in [-0.05, 0) is 47.5 Å². The maximum Gasteiger partial charge on any atom is 0.230 e. The quantitative estimate of drug-likeness (QED) is 0.426. The van der Waals surface area contributed by atoms with Gasteiger partial charge in [0.25, 0.3) is 0 Å². The van der Waals surface area contributed by atoms with Gasteiger partial charge >= 0.3 is 0 Å². The highest BCUT2D eigenvalue weighted by Crippen LogP contribution is 2.36. The minimum Gasteiger partial charge on any atom is -0.326 e. The number of carbonyl (C=O) groups excluding carboxylic acids is 1. The maximum absolute atomic E-state index is 12.7. The molecule has 2 aromatic carbocycles. The Bertz CT molecular complexity index is 1400. The molecule has 1 fully saturated rings. The minimum absolute atomic E-state index is 0.0739. The molecule has 0 aliphatic heterocycles. The third-order valence-electron chi connectivity index (χ3n) is 5.51. The molecule has 1 aliphatic carbocycles. The standard InChI is InChI=1S/C23H19N7OS/c31-21(12-19-14-32-23-25-20(13-29(19)23)15-4-2-1-3-5-15)24-17-8-6-16(7-9-17)22-26-27-28-30(22)18-10-11-18/h1-9,13-14,18H,10-12H2,(H,24,31). The van der Waals surface area contributed by atoms with Crippen LogP contribution < -0.4 is 5.32 Å². The van der Waals surface area contributed by atoms with Crippen molar-refractivity contribution in [2.45, 2.75) is 25.3 Å². The van der Waals surface area contributed by atoms with Gasteiger partial charge < -0.3 is 5.32 Å². The van der Waals surface area contributed by atoms with Crippen molar-refractivity contribution >= 4 is 27.9 Å². The van der Waals surface area contributed by atoms with Crippen LogP contribution >= 0.6 is 11.3 Å². The summed E-state index contributed by atoms with van der Waals surface area (Å²) in [7, 11) is 0. The Kier molecular flexibility index (Phi) is 4.53. The van der Waals surface area contributed by atoms with E-state index in [2.05, 4.69) is 25.8 Å². The first-order valence-electron chi connectivity index (χ1n) is 10.4. The fourth-order valence-electron chi connectivity index (χ4n) is 3.73. The van der Waals surface area contributed by atoms with E-state index in [0.717, 1.165) is 51.8 Å². The number of amides is 1. The van der Waals surface area contributed by atoms with Gasteiger partial charge in [-0.15, -0.1) is 16.4 Å². The molecular formula is C23H19N7OS. The lowest BCUT2D eigenvalue weighted by Crippen LogP contribution is -2.15. The zero-order valence-electron chi connectivity index (χ0n) is 17.0. The molecule has 1 saturated carbocycles. The van der Waals surface area contributed by atoms with Crippen molar-refractivity contribution in [3.8, 4) is 22.6 Å². The van der Waals surface area contributed by atoms with Crippen LogP contribution in [0.3, 0.4) is 0 Å². The number of nitrogens with zero attached hydrogens (tertiary/aromatic N) is 6. The lowest BCUT2D eigenvalue weighted by atomic mass is 10.2. The van der Waals surface area contributed by atoms with Crippen molar-refractivity contribution in [3.63, 3.8) is 0 Å². The molecular weight excluding hydrogens is 422 g/mol. The fraction of sp³-hybridized carbons (Fsp3) is 0.174. The van der Waals surface area contributed by atoms with Crippen molar-refractivity contribution in [3.05, 3.63) is 71.9 Å². The maximum atomic E-state index is 12.7. The summed E-state index contributed by atoms with van der Waals surface area (Å²) in [6.07, 6.45) is 4.49. The van der Waals surface area contributed by atoms with Gasteiger partial charge in [0.05, 0.1) is 18.2 Å². The van der Waals surface area contributed by atoms with E-state index in [1.54, 1.807) is 0 Å². The second kappa shape index (κ2) is 7.69. The van der Waals surface area contributed by atoms with E-state index in [1.807, 2.05) is 75.3 Å². The van der Waals surface area contributed by atoms with Crippen LogP contribution in [-0.2, 0) is 11.2 Å². The van der Waals surface area contributed by atoms with Gasteiger partial charge in [0, 0.05) is 34.1 Å². The van der Waals surface area contributed by atoms with E-state index in [1.165, 1.54) is 11.3 Å². The molecule has 0 spiro atoms. The summed E-state index contributed by atoms with van der Waals surface area (Å²) in [5.74, 6) is 0.690. The Morgan fingerprint density at radius 1 is 1.06 bits per heavy atom. The van der Waals surface area contributed by atoms with Gasteiger partial charge in [0.2, 0.25) is 5.91 Å². The first kappa shape index (κ1) is 18.9. The van der Waals surface area contributed by atoms with Crippen LogP contribution in [0.4, 0.5) is 5.69 Å². The van der Waals surface area contributed by atoms with Crippen molar-refractivity contribution in [1.29, 1.82) is 0 Å². The largest absolute Gasteiger partial charge is 0.326 e. The molecule has 0 unspecified atom stereocenters. The summed E-state index contributed by atoms with van der Waals surface area (Å²) in [6.45, 7) is 0. The third-order valence-corrected chi connectivity index (χ3v) is 6.40. The Labute approximate surface area is 187 Å². The fourth-order valence-corrected chi connectivity index (χ4v) is 4.60. The average molecular weight is 442 g/mol. The third kappa shape index (κ3) is 3.56. The highest BCUT2D eigenvalue weighted by atomic mass is 32.1. The zero-order valence-corrected chi connectivity index (χ0v) is 17.9. The number of tetrazole rings is 1. The molecule has 6 rings (SSSR count). The van der Waals surface area contributed by atoms with Crippen molar-refractivity contribution in [2.24, 2.45) is 0 Å². The van der Waals surface area contributed by atoms with E-state index in [0.29, 0.717) is 6.04 Å². The van der Waals surface area contributed by atoms with Gasteiger partial charge in [0.15, 0.2) is 10.8 Å². The molecule has 1 amide bonds. The first-order valence-corrected chi connectivity index (χ1v) is 11.3. The highest BCUT2D eigenvalue weighted by molar-refractivity contribution is 7.15. The summed E-state index contributed by atoms with van der Waals surface area (Å²) >= 11 is 1.54. The molecule has 0 radical (unpaired) electrons. The molecule has 1 N–H and O–H groups in total. The van der Waals surface area contributed by atoms with E-state index in [9.17, 15) is 4.79 Å². The summed E-state index contributed by atoms with van der Waals surface area (Å²) in [5.41, 5.74) is 4.56. The summed E-state index contributed by atoms with van der Waals surface area (Å²) in [5, 5.41) is 17.0. The molecule has 0 atom stereocenters. The minimum atomic E-state index is -0.0739. The number of benzene rings is 2. The number of carbonyl (C=O) groups is 1. The molecule has 3 aromatic heterocycles. The Balaban J connectivity index is 1.16. The first-order chi connectivity index (χ1) is 15.7. The van der Waals surface area contributed by atoms with E-state index in [-0.39, 0.29) is 12.3 Å². The lowest BCUT2D eigenvalue weighted by molar-refractivity contribution is -0.115. The van der Waals surface area contributed by atoms with E-state index in [4.69, 9.17) is 0 Å². The van der Waals surface area contributed by atoms with Gasteiger partial charge in [-0.25, -0.2) is 9.67 Å². The smallest absolute Gasteiger partial charge is 0.230 e. The van der Waals surface area contributed by atoms with Gasteiger partial charge in [0.1, 0.15) is 0 Å². The Hall–Kier alpha value is -3.85. The Morgan fingerprint density at radius 3 is 2.66 bits per heavy atom. The second-order valence-corrected chi connectivity index (χ2v) is 8.69. The van der Waals surface area contributed by atoms with Crippen molar-refractivity contribution in [1.82, 2.24) is 29.6 Å². The number of fused-ring (bicyclic) bond motifs is 1. The number of imidazole rings is 1. The molecule has 8 nitrogen and oxygen atoms in total. The molecule has 158 valence electrons. The topological polar surface area (TPSA) is 90.0 Å². The number of rotatable bonds is 6. The monoisotopic (exact) mass is 441 g/mol. The highest BCUT2D eigenvalue weighted by Gasteiger charge is 2.28. The summed E-state index contributed by atoms with van der Waals surface area (Å²) in [6, 6.07) is 18.1. The molecule has 0 bridgehead atoms. The molecule has 32 heavy (non-hydrogen) atoms.